The fraction of sp³-hybridized carbons (Fsp3) is 0.150. The van der Waals surface area contributed by atoms with Gasteiger partial charge in [-0.25, -0.2) is 9.79 Å². The van der Waals surface area contributed by atoms with Crippen LogP contribution in [0.2, 0.25) is 0 Å². The molecule has 1 aliphatic heterocycles. The van der Waals surface area contributed by atoms with Crippen LogP contribution in [-0.2, 0) is 14.3 Å². The number of hydrogen-bond acceptors (Lipinski definition) is 7. The topological polar surface area (TPSA) is 83.4 Å². The number of cyclic esters (lactones) is 1. The smallest absolute Gasteiger partial charge is 0.363 e. The molecule has 3 rings (SSSR count). The quantitative estimate of drug-likeness (QED) is 0.459. The molecule has 0 fully saturated rings. The van der Waals surface area contributed by atoms with E-state index in [0.29, 0.717) is 28.4 Å². The Labute approximate surface area is 155 Å². The lowest BCUT2D eigenvalue weighted by atomic mass is 10.2. The van der Waals surface area contributed by atoms with Crippen LogP contribution in [0.25, 0.3) is 6.08 Å². The highest BCUT2D eigenvalue weighted by Gasteiger charge is 2.25. The minimum atomic E-state index is -0.572. The third-order valence-corrected chi connectivity index (χ3v) is 3.67. The minimum absolute atomic E-state index is 0.139. The Morgan fingerprint density at radius 2 is 1.85 bits per heavy atom. The fourth-order valence-corrected chi connectivity index (χ4v) is 2.49. The van der Waals surface area contributed by atoms with E-state index in [4.69, 9.17) is 18.9 Å². The molecule has 0 aromatic heterocycles. The van der Waals surface area contributed by atoms with Crippen LogP contribution >= 0.6 is 0 Å². The molecule has 0 amide bonds. The third kappa shape index (κ3) is 4.14. The van der Waals surface area contributed by atoms with Gasteiger partial charge in [0.15, 0.2) is 17.2 Å². The lowest BCUT2D eigenvalue weighted by molar-refractivity contribution is -0.132. The fourth-order valence-electron chi connectivity index (χ4n) is 2.49. The van der Waals surface area contributed by atoms with Gasteiger partial charge in [0.05, 0.1) is 14.2 Å². The summed E-state index contributed by atoms with van der Waals surface area (Å²) >= 11 is 0. The Morgan fingerprint density at radius 3 is 2.56 bits per heavy atom. The van der Waals surface area contributed by atoms with E-state index in [1.165, 1.54) is 21.1 Å². The van der Waals surface area contributed by atoms with Gasteiger partial charge in [0.25, 0.3) is 0 Å². The van der Waals surface area contributed by atoms with Crippen LogP contribution in [0.1, 0.15) is 18.1 Å². The summed E-state index contributed by atoms with van der Waals surface area (Å²) < 4.78 is 20.7. The van der Waals surface area contributed by atoms with Gasteiger partial charge in [0.2, 0.25) is 5.90 Å². The van der Waals surface area contributed by atoms with Crippen LogP contribution < -0.4 is 14.2 Å². The molecule has 0 saturated carbocycles. The van der Waals surface area contributed by atoms with Crippen LogP contribution in [0.4, 0.5) is 0 Å². The first-order chi connectivity index (χ1) is 13.0. The van der Waals surface area contributed by atoms with Gasteiger partial charge in [-0.15, -0.1) is 0 Å². The number of methoxy groups -OCH3 is 2. The molecule has 0 unspecified atom stereocenters. The molecule has 2 aromatic carbocycles. The SMILES string of the molecule is COc1ccc(C2=NC(=Cc3cccc(OC(C)=O)c3)C(=O)O2)cc1OC. The van der Waals surface area contributed by atoms with E-state index in [0.717, 1.165) is 0 Å². The molecule has 0 bridgehead atoms. The number of benzene rings is 2. The largest absolute Gasteiger partial charge is 0.493 e. The normalized spacial score (nSPS) is 14.6. The zero-order chi connectivity index (χ0) is 19.4. The van der Waals surface area contributed by atoms with Crippen LogP contribution in [0.5, 0.6) is 17.2 Å². The number of hydrogen-bond donors (Lipinski definition) is 0. The van der Waals surface area contributed by atoms with Gasteiger partial charge >= 0.3 is 11.9 Å². The van der Waals surface area contributed by atoms with E-state index >= 15 is 0 Å². The Balaban J connectivity index is 1.90. The Bertz CT molecular complexity index is 961. The van der Waals surface area contributed by atoms with E-state index in [1.807, 2.05) is 0 Å². The molecule has 0 spiro atoms. The van der Waals surface area contributed by atoms with Gasteiger partial charge in [-0.05, 0) is 42.0 Å². The summed E-state index contributed by atoms with van der Waals surface area (Å²) in [5.41, 5.74) is 1.37. The second-order valence-corrected chi connectivity index (χ2v) is 5.57. The van der Waals surface area contributed by atoms with Crippen molar-refractivity contribution in [1.29, 1.82) is 0 Å². The van der Waals surface area contributed by atoms with Crippen molar-refractivity contribution in [2.45, 2.75) is 6.92 Å². The maximum Gasteiger partial charge on any atom is 0.363 e. The van der Waals surface area contributed by atoms with E-state index in [9.17, 15) is 9.59 Å². The van der Waals surface area contributed by atoms with Crippen molar-refractivity contribution in [3.63, 3.8) is 0 Å². The number of esters is 2. The van der Waals surface area contributed by atoms with E-state index < -0.39 is 11.9 Å². The van der Waals surface area contributed by atoms with E-state index in [1.54, 1.807) is 48.5 Å². The second kappa shape index (κ2) is 7.74. The molecule has 1 aliphatic rings. The van der Waals surface area contributed by atoms with Gasteiger partial charge < -0.3 is 18.9 Å². The number of nitrogens with zero attached hydrogens (tertiary/aromatic N) is 1. The summed E-state index contributed by atoms with van der Waals surface area (Å²) in [5.74, 6) is 0.617. The molecule has 0 aliphatic carbocycles. The molecule has 2 aromatic rings. The van der Waals surface area contributed by atoms with Gasteiger partial charge in [0, 0.05) is 12.5 Å². The average Bonchev–Trinajstić information content (AvgIpc) is 3.01. The maximum absolute atomic E-state index is 12.2. The van der Waals surface area contributed by atoms with Gasteiger partial charge in [0.1, 0.15) is 5.75 Å². The second-order valence-electron chi connectivity index (χ2n) is 5.57. The van der Waals surface area contributed by atoms with Crippen molar-refractivity contribution in [1.82, 2.24) is 0 Å². The van der Waals surface area contributed by atoms with Crippen LogP contribution in [0.15, 0.2) is 53.2 Å². The Kier molecular flexibility index (Phi) is 5.21. The number of rotatable bonds is 5. The van der Waals surface area contributed by atoms with Crippen molar-refractivity contribution in [3.05, 3.63) is 59.3 Å². The van der Waals surface area contributed by atoms with Crippen molar-refractivity contribution in [2.24, 2.45) is 4.99 Å². The van der Waals surface area contributed by atoms with Crippen molar-refractivity contribution >= 4 is 23.9 Å². The molecule has 27 heavy (non-hydrogen) atoms. The molecular weight excluding hydrogens is 350 g/mol. The van der Waals surface area contributed by atoms with Gasteiger partial charge in [-0.3, -0.25) is 4.79 Å². The molecule has 0 N–H and O–H groups in total. The van der Waals surface area contributed by atoms with Crippen molar-refractivity contribution in [3.8, 4) is 17.2 Å². The molecule has 7 nitrogen and oxygen atoms in total. The summed E-state index contributed by atoms with van der Waals surface area (Å²) in [4.78, 5) is 27.5. The third-order valence-electron chi connectivity index (χ3n) is 3.67. The zero-order valence-electron chi connectivity index (χ0n) is 15.0. The predicted octanol–water partition coefficient (Wildman–Crippen LogP) is 2.97. The summed E-state index contributed by atoms with van der Waals surface area (Å²) in [6.07, 6.45) is 1.56. The number of carbonyl (C=O) groups excluding carboxylic acids is 2. The average molecular weight is 367 g/mol. The molecule has 138 valence electrons. The molecule has 7 heteroatoms. The van der Waals surface area contributed by atoms with Crippen molar-refractivity contribution < 1.29 is 28.5 Å². The summed E-state index contributed by atoms with van der Waals surface area (Å²) in [6.45, 7) is 1.32. The predicted molar refractivity (Wildman–Crippen MR) is 97.9 cm³/mol. The lowest BCUT2D eigenvalue weighted by Gasteiger charge is -2.08. The molecular formula is C20H17NO6. The molecule has 0 atom stereocenters. The summed E-state index contributed by atoms with van der Waals surface area (Å²) in [7, 11) is 3.06. The highest BCUT2D eigenvalue weighted by Crippen LogP contribution is 2.29. The maximum atomic E-state index is 12.2. The Hall–Kier alpha value is -3.61. The number of ether oxygens (including phenoxy) is 4. The molecule has 0 radical (unpaired) electrons. The Morgan fingerprint density at radius 1 is 1.07 bits per heavy atom. The first-order valence-corrected chi connectivity index (χ1v) is 8.03. The summed E-state index contributed by atoms with van der Waals surface area (Å²) in [6, 6.07) is 11.9. The highest BCUT2D eigenvalue weighted by atomic mass is 16.6. The minimum Gasteiger partial charge on any atom is -0.493 e. The summed E-state index contributed by atoms with van der Waals surface area (Å²) in [5, 5.41) is 0. The van der Waals surface area contributed by atoms with Crippen LogP contribution in [0, 0.1) is 0 Å². The number of carbonyl (C=O) groups is 2. The monoisotopic (exact) mass is 367 g/mol. The van der Waals surface area contributed by atoms with Crippen LogP contribution in [0.3, 0.4) is 0 Å². The highest BCUT2D eigenvalue weighted by molar-refractivity contribution is 6.13. The van der Waals surface area contributed by atoms with Gasteiger partial charge in [-0.1, -0.05) is 12.1 Å². The van der Waals surface area contributed by atoms with E-state index in [-0.39, 0.29) is 11.6 Å². The molecule has 0 saturated heterocycles. The first-order valence-electron chi connectivity index (χ1n) is 8.03. The lowest BCUT2D eigenvalue weighted by Crippen LogP contribution is -2.06. The number of aliphatic imine (C=N–C) groups is 1. The van der Waals surface area contributed by atoms with Crippen LogP contribution in [-0.4, -0.2) is 32.1 Å². The zero-order valence-corrected chi connectivity index (χ0v) is 15.0. The first kappa shape index (κ1) is 18.2. The van der Waals surface area contributed by atoms with E-state index in [2.05, 4.69) is 4.99 Å². The standard InChI is InChI=1S/C20H17NO6/c1-12(22)26-15-6-4-5-13(9-15)10-16-20(23)27-19(21-16)14-7-8-17(24-2)18(11-14)25-3/h4-11H,1-3H3. The van der Waals surface area contributed by atoms with Gasteiger partial charge in [-0.2, -0.15) is 0 Å². The van der Waals surface area contributed by atoms with Crippen molar-refractivity contribution in [2.75, 3.05) is 14.2 Å². The molecule has 1 heterocycles.